The quantitative estimate of drug-likeness (QED) is 0.332. The van der Waals surface area contributed by atoms with E-state index in [-0.39, 0.29) is 35.8 Å². The number of esters is 3. The third kappa shape index (κ3) is 4.12. The van der Waals surface area contributed by atoms with Gasteiger partial charge in [-0.3, -0.25) is 9.59 Å². The van der Waals surface area contributed by atoms with Crippen LogP contribution in [0, 0.1) is 29.1 Å². The predicted molar refractivity (Wildman–Crippen MR) is 130 cm³/mol. The van der Waals surface area contributed by atoms with E-state index in [1.54, 1.807) is 25.7 Å². The Morgan fingerprint density at radius 1 is 1.05 bits per heavy atom. The van der Waals surface area contributed by atoms with Gasteiger partial charge in [-0.1, -0.05) is 19.1 Å². The van der Waals surface area contributed by atoms with Gasteiger partial charge in [0.1, 0.15) is 24.1 Å². The van der Waals surface area contributed by atoms with E-state index in [2.05, 4.69) is 6.92 Å². The molecule has 0 spiro atoms. The molecular weight excluding hydrogens is 476 g/mol. The van der Waals surface area contributed by atoms with Crippen molar-refractivity contribution in [2.24, 2.45) is 29.1 Å². The van der Waals surface area contributed by atoms with E-state index in [1.807, 2.05) is 30.3 Å². The lowest BCUT2D eigenvalue weighted by Crippen LogP contribution is -2.59. The van der Waals surface area contributed by atoms with Crippen molar-refractivity contribution >= 4 is 24.0 Å². The largest absolute Gasteiger partial charge is 0.497 e. The first-order valence-corrected chi connectivity index (χ1v) is 12.8. The van der Waals surface area contributed by atoms with Crippen LogP contribution in [0.1, 0.15) is 49.8 Å². The van der Waals surface area contributed by atoms with Crippen molar-refractivity contribution in [3.63, 3.8) is 0 Å². The summed E-state index contributed by atoms with van der Waals surface area (Å²) < 4.78 is 27.9. The smallest absolute Gasteiger partial charge is 0.331 e. The molecule has 2 saturated carbocycles. The summed E-state index contributed by atoms with van der Waals surface area (Å²) in [5, 5.41) is 0. The van der Waals surface area contributed by atoms with Crippen LogP contribution in [0.25, 0.3) is 6.08 Å². The van der Waals surface area contributed by atoms with Crippen molar-refractivity contribution in [1.29, 1.82) is 0 Å². The van der Waals surface area contributed by atoms with Crippen molar-refractivity contribution in [2.75, 3.05) is 7.11 Å². The molecule has 1 aromatic heterocycles. The average Bonchev–Trinajstić information content (AvgIpc) is 3.52. The lowest BCUT2D eigenvalue weighted by Gasteiger charge is -2.57. The number of benzene rings is 1. The third-order valence-corrected chi connectivity index (χ3v) is 8.97. The fourth-order valence-electron chi connectivity index (χ4n) is 7.16. The van der Waals surface area contributed by atoms with Gasteiger partial charge < -0.3 is 23.4 Å². The molecule has 1 aromatic carbocycles. The first-order valence-electron chi connectivity index (χ1n) is 12.8. The number of furan rings is 1. The highest BCUT2D eigenvalue weighted by atomic mass is 16.6. The number of fused-ring (bicyclic) bond motifs is 6. The van der Waals surface area contributed by atoms with Gasteiger partial charge in [0, 0.05) is 17.6 Å². The number of ether oxygens (including phenoxy) is 4. The van der Waals surface area contributed by atoms with Gasteiger partial charge in [0.25, 0.3) is 0 Å². The van der Waals surface area contributed by atoms with E-state index in [4.69, 9.17) is 23.4 Å². The molecule has 6 rings (SSSR count). The van der Waals surface area contributed by atoms with Crippen LogP contribution in [0.15, 0.2) is 53.4 Å². The molecule has 8 heteroatoms. The molecule has 37 heavy (non-hydrogen) atoms. The molecule has 2 saturated heterocycles. The van der Waals surface area contributed by atoms with Gasteiger partial charge in [0.15, 0.2) is 0 Å². The number of cyclic esters (lactones) is 1. The molecule has 0 unspecified atom stereocenters. The zero-order chi connectivity index (χ0) is 25.7. The Morgan fingerprint density at radius 2 is 1.86 bits per heavy atom. The zero-order valence-electron chi connectivity index (χ0n) is 20.8. The third-order valence-electron chi connectivity index (χ3n) is 8.97. The summed E-state index contributed by atoms with van der Waals surface area (Å²) in [6.07, 6.45) is 7.33. The number of hydrogen-bond acceptors (Lipinski definition) is 8. The molecule has 0 N–H and O–H groups in total. The van der Waals surface area contributed by atoms with Gasteiger partial charge >= 0.3 is 17.9 Å². The monoisotopic (exact) mass is 506 g/mol. The number of rotatable bonds is 5. The first kappa shape index (κ1) is 23.8. The molecule has 3 heterocycles. The Morgan fingerprint density at radius 3 is 2.59 bits per heavy atom. The average molecular weight is 507 g/mol. The lowest BCUT2D eigenvalue weighted by molar-refractivity contribution is -0.207. The number of hydrogen-bond donors (Lipinski definition) is 0. The summed E-state index contributed by atoms with van der Waals surface area (Å²) in [5.41, 5.74) is 1.23. The van der Waals surface area contributed by atoms with Crippen LogP contribution in [-0.4, -0.2) is 37.2 Å². The standard InChI is InChI=1S/C29H30O8/c1-29-14-24(17-9-10-34-15-17)37-28(32)22(29)13-23(26-20-11-19(12-21(26)29)35-27(20)31)36-25(30)8-5-16-3-6-18(33-2)7-4-16/h3-10,15,19-24,26H,11-14H2,1-2H3/b8-5+/t19-,20-,21+,22+,23-,24-,26+,29-/m0/s1. The summed E-state index contributed by atoms with van der Waals surface area (Å²) in [6.45, 7) is 2.12. The molecule has 2 bridgehead atoms. The highest BCUT2D eigenvalue weighted by Gasteiger charge is 2.65. The number of methoxy groups -OCH3 is 1. The Hall–Kier alpha value is -3.55. The van der Waals surface area contributed by atoms with Gasteiger partial charge in [-0.2, -0.15) is 0 Å². The maximum Gasteiger partial charge on any atom is 0.331 e. The minimum Gasteiger partial charge on any atom is -0.497 e. The maximum atomic E-state index is 13.3. The second kappa shape index (κ2) is 9.08. The minimum absolute atomic E-state index is 0.0212. The molecule has 0 amide bonds. The van der Waals surface area contributed by atoms with Crippen molar-refractivity contribution in [1.82, 2.24) is 0 Å². The molecule has 8 atom stereocenters. The maximum absolute atomic E-state index is 13.3. The van der Waals surface area contributed by atoms with Crippen LogP contribution in [-0.2, 0) is 28.6 Å². The molecule has 2 aliphatic carbocycles. The van der Waals surface area contributed by atoms with E-state index >= 15 is 0 Å². The fraction of sp³-hybridized carbons (Fsp3) is 0.483. The van der Waals surface area contributed by atoms with Gasteiger partial charge in [-0.15, -0.1) is 0 Å². The molecule has 8 nitrogen and oxygen atoms in total. The number of carbonyl (C=O) groups excluding carboxylic acids is 3. The molecule has 0 radical (unpaired) electrons. The van der Waals surface area contributed by atoms with E-state index in [0.29, 0.717) is 25.7 Å². The van der Waals surface area contributed by atoms with Crippen LogP contribution in [0.3, 0.4) is 0 Å². The van der Waals surface area contributed by atoms with Crippen LogP contribution < -0.4 is 4.74 Å². The van der Waals surface area contributed by atoms with E-state index in [1.165, 1.54) is 6.08 Å². The first-order chi connectivity index (χ1) is 17.9. The zero-order valence-corrected chi connectivity index (χ0v) is 20.8. The Balaban J connectivity index is 1.26. The van der Waals surface area contributed by atoms with Crippen molar-refractivity contribution < 1.29 is 37.7 Å². The molecule has 194 valence electrons. The minimum atomic E-state index is -0.578. The van der Waals surface area contributed by atoms with Crippen LogP contribution in [0.2, 0.25) is 0 Å². The van der Waals surface area contributed by atoms with Crippen LogP contribution in [0.4, 0.5) is 0 Å². The Kier molecular flexibility index (Phi) is 5.85. The molecular formula is C29H30O8. The summed E-state index contributed by atoms with van der Waals surface area (Å²) in [5.74, 6) is -1.30. The fourth-order valence-corrected chi connectivity index (χ4v) is 7.16. The summed E-state index contributed by atoms with van der Waals surface area (Å²) in [7, 11) is 1.60. The lowest BCUT2D eigenvalue weighted by atomic mass is 9.48. The van der Waals surface area contributed by atoms with E-state index < -0.39 is 29.5 Å². The second-order valence-electron chi connectivity index (χ2n) is 10.9. The highest BCUT2D eigenvalue weighted by Crippen LogP contribution is 2.62. The van der Waals surface area contributed by atoms with E-state index in [0.717, 1.165) is 16.9 Å². The SMILES string of the molecule is COc1ccc(/C=C/C(=O)O[C@H]2C[C@@H]3C(=O)O[C@H](c4ccoc4)C[C@@]3(C)[C@@H]3C[C@@H]4C[C@H](C(=O)O4)[C@@H]23)cc1. The topological polar surface area (TPSA) is 101 Å². The summed E-state index contributed by atoms with van der Waals surface area (Å²) in [6, 6.07) is 9.13. The highest BCUT2D eigenvalue weighted by molar-refractivity contribution is 5.87. The molecule has 4 aliphatic rings. The molecule has 4 fully saturated rings. The Labute approximate surface area is 214 Å². The normalized spacial score (nSPS) is 36.3. The van der Waals surface area contributed by atoms with Crippen molar-refractivity contribution in [2.45, 2.75) is 50.9 Å². The van der Waals surface area contributed by atoms with Crippen molar-refractivity contribution in [3.8, 4) is 5.75 Å². The van der Waals surface area contributed by atoms with Gasteiger partial charge in [0.2, 0.25) is 0 Å². The summed E-state index contributed by atoms with van der Waals surface area (Å²) in [4.78, 5) is 39.1. The predicted octanol–water partition coefficient (Wildman–Crippen LogP) is 4.50. The van der Waals surface area contributed by atoms with Gasteiger partial charge in [-0.25, -0.2) is 4.79 Å². The van der Waals surface area contributed by atoms with Crippen LogP contribution >= 0.6 is 0 Å². The van der Waals surface area contributed by atoms with Gasteiger partial charge in [0.05, 0.1) is 31.5 Å². The molecule has 2 aromatic rings. The second-order valence-corrected chi connectivity index (χ2v) is 10.9. The number of carbonyl (C=O) groups is 3. The van der Waals surface area contributed by atoms with E-state index in [9.17, 15) is 14.4 Å². The van der Waals surface area contributed by atoms with Crippen molar-refractivity contribution in [3.05, 3.63) is 60.1 Å². The summed E-state index contributed by atoms with van der Waals surface area (Å²) >= 11 is 0. The van der Waals surface area contributed by atoms with Crippen LogP contribution in [0.5, 0.6) is 5.75 Å². The molecule has 2 aliphatic heterocycles. The van der Waals surface area contributed by atoms with Gasteiger partial charge in [-0.05, 0) is 66.9 Å². The Bertz CT molecular complexity index is 1220.